The van der Waals surface area contributed by atoms with Crippen LogP contribution in [0.4, 0.5) is 0 Å². The molecule has 1 saturated heterocycles. The fourth-order valence-corrected chi connectivity index (χ4v) is 3.14. The largest absolute Gasteiger partial charge is 0.480 e. The second-order valence-corrected chi connectivity index (χ2v) is 6.14. The number of carbonyl (C=O) groups is 2. The van der Waals surface area contributed by atoms with Crippen molar-refractivity contribution < 1.29 is 14.7 Å². The lowest BCUT2D eigenvalue weighted by Crippen LogP contribution is -2.33. The molecule has 0 unspecified atom stereocenters. The molecule has 0 atom stereocenters. The Bertz CT molecular complexity index is 656. The quantitative estimate of drug-likeness (QED) is 0.663. The van der Waals surface area contributed by atoms with E-state index < -0.39 is 12.5 Å². The summed E-state index contributed by atoms with van der Waals surface area (Å²) in [5.74, 6) is -1.43. The van der Waals surface area contributed by atoms with Crippen molar-refractivity contribution in [2.24, 2.45) is 0 Å². The van der Waals surface area contributed by atoms with Gasteiger partial charge in [-0.1, -0.05) is 60.4 Å². The lowest BCUT2D eigenvalue weighted by molar-refractivity contribution is -0.140. The van der Waals surface area contributed by atoms with E-state index in [4.69, 9.17) is 17.3 Å². The average Bonchev–Trinajstić information content (AvgIpc) is 2.67. The number of allylic oxidation sites excluding steroid dienone is 2. The molecule has 116 valence electrons. The van der Waals surface area contributed by atoms with E-state index in [1.165, 1.54) is 0 Å². The minimum absolute atomic E-state index is 0. The first kappa shape index (κ1) is 18.4. The third kappa shape index (κ3) is 4.69. The first-order valence-corrected chi connectivity index (χ1v) is 7.40. The van der Waals surface area contributed by atoms with Gasteiger partial charge in [0.1, 0.15) is 10.9 Å². The van der Waals surface area contributed by atoms with Crippen LogP contribution in [0.5, 0.6) is 0 Å². The van der Waals surface area contributed by atoms with Crippen LogP contribution in [-0.4, -0.2) is 32.7 Å². The van der Waals surface area contributed by atoms with Crippen molar-refractivity contribution in [2.45, 2.75) is 6.92 Å². The first-order valence-electron chi connectivity index (χ1n) is 6.18. The number of thiocarbonyl (C=S) groups is 1. The number of aliphatic carboxylic acids is 1. The zero-order chi connectivity index (χ0) is 15.4. The maximum Gasteiger partial charge on any atom is 0.323 e. The van der Waals surface area contributed by atoms with Crippen LogP contribution in [0, 0.1) is 0 Å². The molecule has 7 heteroatoms. The molecular weight excluding hydrogens is 342 g/mol. The molecular formula is C15H14ClNO3S2. The molecule has 0 saturated carbocycles. The van der Waals surface area contributed by atoms with E-state index in [0.717, 1.165) is 27.8 Å². The van der Waals surface area contributed by atoms with Gasteiger partial charge in [-0.05, 0) is 24.1 Å². The smallest absolute Gasteiger partial charge is 0.323 e. The minimum Gasteiger partial charge on any atom is -0.480 e. The SMILES string of the molecule is CC(=C\c1ccccc1)/C=C1/SC(=S)N(CC(=O)O)C1=O.Cl. The summed E-state index contributed by atoms with van der Waals surface area (Å²) in [5, 5.41) is 8.78. The van der Waals surface area contributed by atoms with Gasteiger partial charge in [-0.25, -0.2) is 0 Å². The fraction of sp³-hybridized carbons (Fsp3) is 0.133. The highest BCUT2D eigenvalue weighted by molar-refractivity contribution is 8.26. The molecule has 0 bridgehead atoms. The zero-order valence-corrected chi connectivity index (χ0v) is 14.1. The molecule has 1 aliphatic heterocycles. The van der Waals surface area contributed by atoms with Crippen LogP contribution < -0.4 is 0 Å². The Balaban J connectivity index is 0.00000242. The average molecular weight is 356 g/mol. The van der Waals surface area contributed by atoms with Crippen LogP contribution in [-0.2, 0) is 9.59 Å². The van der Waals surface area contributed by atoms with E-state index in [1.807, 2.05) is 43.3 Å². The summed E-state index contributed by atoms with van der Waals surface area (Å²) in [4.78, 5) is 24.4. The number of carboxylic acid groups (broad SMARTS) is 1. The van der Waals surface area contributed by atoms with Crippen LogP contribution in [0.15, 0.2) is 46.9 Å². The Kier molecular flexibility index (Phi) is 6.80. The standard InChI is InChI=1S/C15H13NO3S2.ClH/c1-10(7-11-5-3-2-4-6-11)8-12-14(19)16(9-13(17)18)15(20)21-12;/h2-8H,9H2,1H3,(H,17,18);1H/b10-7+,12-8+;. The summed E-state index contributed by atoms with van der Waals surface area (Å²) in [7, 11) is 0. The van der Waals surface area contributed by atoms with Crippen molar-refractivity contribution in [2.75, 3.05) is 6.54 Å². The summed E-state index contributed by atoms with van der Waals surface area (Å²) in [6.07, 6.45) is 3.68. The van der Waals surface area contributed by atoms with Gasteiger partial charge in [0.15, 0.2) is 0 Å². The van der Waals surface area contributed by atoms with E-state index in [1.54, 1.807) is 6.08 Å². The number of carbonyl (C=O) groups excluding carboxylic acids is 1. The highest BCUT2D eigenvalue weighted by Gasteiger charge is 2.33. The van der Waals surface area contributed by atoms with Crippen LogP contribution in [0.2, 0.25) is 0 Å². The number of hydrogen-bond acceptors (Lipinski definition) is 4. The molecule has 0 spiro atoms. The van der Waals surface area contributed by atoms with Crippen molar-refractivity contribution in [1.29, 1.82) is 0 Å². The van der Waals surface area contributed by atoms with Gasteiger partial charge >= 0.3 is 5.97 Å². The molecule has 4 nitrogen and oxygen atoms in total. The Morgan fingerprint density at radius 2 is 2.00 bits per heavy atom. The molecule has 1 aliphatic rings. The van der Waals surface area contributed by atoms with Gasteiger partial charge in [-0.2, -0.15) is 0 Å². The normalized spacial score (nSPS) is 16.9. The second kappa shape index (κ2) is 8.12. The molecule has 1 aromatic rings. The summed E-state index contributed by atoms with van der Waals surface area (Å²) < 4.78 is 0.279. The summed E-state index contributed by atoms with van der Waals surface area (Å²) >= 11 is 6.17. The van der Waals surface area contributed by atoms with Crippen LogP contribution >= 0.6 is 36.4 Å². The molecule has 0 radical (unpaired) electrons. The maximum atomic E-state index is 12.1. The fourth-order valence-electron chi connectivity index (χ4n) is 1.83. The predicted molar refractivity (Wildman–Crippen MR) is 95.0 cm³/mol. The Morgan fingerprint density at radius 3 is 2.59 bits per heavy atom. The molecule has 1 aromatic carbocycles. The topological polar surface area (TPSA) is 57.6 Å². The van der Waals surface area contributed by atoms with Gasteiger partial charge in [0.2, 0.25) is 0 Å². The number of benzene rings is 1. The number of nitrogens with zero attached hydrogens (tertiary/aromatic N) is 1. The lowest BCUT2D eigenvalue weighted by atomic mass is 10.1. The molecule has 1 N–H and O–H groups in total. The first-order chi connectivity index (χ1) is 9.97. The van der Waals surface area contributed by atoms with E-state index >= 15 is 0 Å². The van der Waals surface area contributed by atoms with Crippen molar-refractivity contribution in [3.05, 3.63) is 52.4 Å². The van der Waals surface area contributed by atoms with Crippen LogP contribution in [0.1, 0.15) is 12.5 Å². The van der Waals surface area contributed by atoms with Gasteiger partial charge in [0, 0.05) is 0 Å². The molecule has 1 amide bonds. The predicted octanol–water partition coefficient (Wildman–Crippen LogP) is 3.34. The third-order valence-electron chi connectivity index (χ3n) is 2.72. The van der Waals surface area contributed by atoms with Crippen molar-refractivity contribution in [1.82, 2.24) is 4.90 Å². The van der Waals surface area contributed by atoms with Crippen molar-refractivity contribution in [3.63, 3.8) is 0 Å². The van der Waals surface area contributed by atoms with Crippen LogP contribution in [0.3, 0.4) is 0 Å². The van der Waals surface area contributed by atoms with E-state index in [9.17, 15) is 9.59 Å². The third-order valence-corrected chi connectivity index (χ3v) is 4.10. The Labute approximate surface area is 144 Å². The van der Waals surface area contributed by atoms with Gasteiger partial charge in [-0.15, -0.1) is 12.4 Å². The zero-order valence-electron chi connectivity index (χ0n) is 11.7. The lowest BCUT2D eigenvalue weighted by Gasteiger charge is -2.10. The minimum atomic E-state index is -1.08. The van der Waals surface area contributed by atoms with Gasteiger partial charge in [0.25, 0.3) is 5.91 Å². The van der Waals surface area contributed by atoms with Crippen LogP contribution in [0.25, 0.3) is 6.08 Å². The Hall–Kier alpha value is -1.63. The molecule has 2 rings (SSSR count). The number of thioether (sulfide) groups is 1. The monoisotopic (exact) mass is 355 g/mol. The highest BCUT2D eigenvalue weighted by Crippen LogP contribution is 2.31. The summed E-state index contributed by atoms with van der Waals surface area (Å²) in [6, 6.07) is 9.74. The second-order valence-electron chi connectivity index (χ2n) is 4.46. The van der Waals surface area contributed by atoms with E-state index in [2.05, 4.69) is 0 Å². The van der Waals surface area contributed by atoms with Gasteiger partial charge in [-0.3, -0.25) is 14.5 Å². The van der Waals surface area contributed by atoms with Gasteiger partial charge < -0.3 is 5.11 Å². The maximum absolute atomic E-state index is 12.1. The molecule has 22 heavy (non-hydrogen) atoms. The highest BCUT2D eigenvalue weighted by atomic mass is 35.5. The molecule has 0 aliphatic carbocycles. The van der Waals surface area contributed by atoms with Gasteiger partial charge in [0.05, 0.1) is 4.91 Å². The number of halogens is 1. The van der Waals surface area contributed by atoms with E-state index in [0.29, 0.717) is 4.91 Å². The number of rotatable bonds is 4. The number of hydrogen-bond donors (Lipinski definition) is 1. The summed E-state index contributed by atoms with van der Waals surface area (Å²) in [5.41, 5.74) is 1.93. The van der Waals surface area contributed by atoms with Crippen molar-refractivity contribution in [3.8, 4) is 0 Å². The van der Waals surface area contributed by atoms with E-state index in [-0.39, 0.29) is 22.6 Å². The molecule has 0 aromatic heterocycles. The number of amides is 1. The Morgan fingerprint density at radius 1 is 1.36 bits per heavy atom. The number of carboxylic acids is 1. The van der Waals surface area contributed by atoms with Crippen molar-refractivity contribution >= 4 is 58.7 Å². The molecule has 1 heterocycles. The molecule has 1 fully saturated rings. The summed E-state index contributed by atoms with van der Waals surface area (Å²) in [6.45, 7) is 1.49.